The highest BCUT2D eigenvalue weighted by Gasteiger charge is 2.50. The summed E-state index contributed by atoms with van der Waals surface area (Å²) < 4.78 is 0. The largest absolute Gasteiger partial charge is 0.478 e. The van der Waals surface area contributed by atoms with E-state index in [0.717, 1.165) is 5.56 Å². The van der Waals surface area contributed by atoms with Gasteiger partial charge in [0.1, 0.15) is 6.04 Å². The standard InChI is InChI=1S/C27H33ClN2O5/c1-16(2)22(29-23(31)18-7-6-17(3)21(14-18)25(33)34)24(32)30-13-12-27(35,26(4,5)15-30)19-8-10-20(28)11-9-19/h6-11,14,16,22,35H,12-13,15H2,1-5H3,(H,29,31)(H,33,34)/t22-,27+/m1/s1. The first-order valence-corrected chi connectivity index (χ1v) is 12.1. The molecule has 35 heavy (non-hydrogen) atoms. The van der Waals surface area contributed by atoms with E-state index in [1.165, 1.54) is 6.07 Å². The fraction of sp³-hybridized carbons (Fsp3) is 0.444. The molecule has 188 valence electrons. The minimum atomic E-state index is -1.14. The van der Waals surface area contributed by atoms with Gasteiger partial charge in [-0.3, -0.25) is 9.59 Å². The number of carboxylic acids is 1. The molecule has 2 atom stereocenters. The lowest BCUT2D eigenvalue weighted by Gasteiger charge is -2.51. The van der Waals surface area contributed by atoms with Crippen LogP contribution in [0, 0.1) is 18.3 Å². The molecule has 0 unspecified atom stereocenters. The maximum atomic E-state index is 13.5. The Bertz CT molecular complexity index is 1130. The summed E-state index contributed by atoms with van der Waals surface area (Å²) in [6.45, 7) is 9.83. The molecule has 1 aliphatic rings. The maximum Gasteiger partial charge on any atom is 0.335 e. The Morgan fingerprint density at radius 3 is 2.26 bits per heavy atom. The lowest BCUT2D eigenvalue weighted by atomic mass is 9.66. The third-order valence-electron chi connectivity index (χ3n) is 7.03. The average molecular weight is 501 g/mol. The number of nitrogens with one attached hydrogen (secondary N) is 1. The summed E-state index contributed by atoms with van der Waals surface area (Å²) in [6.07, 6.45) is 0.339. The molecule has 7 nitrogen and oxygen atoms in total. The minimum absolute atomic E-state index is 0.0457. The second-order valence-electron chi connectivity index (χ2n) is 10.3. The normalized spacial score (nSPS) is 20.4. The van der Waals surface area contributed by atoms with Gasteiger partial charge >= 0.3 is 5.97 Å². The number of aliphatic hydroxyl groups is 1. The number of hydrogen-bond donors (Lipinski definition) is 3. The number of rotatable bonds is 6. The first-order valence-electron chi connectivity index (χ1n) is 11.7. The van der Waals surface area contributed by atoms with E-state index in [2.05, 4.69) is 5.32 Å². The molecular formula is C27H33ClN2O5. The Balaban J connectivity index is 1.79. The second-order valence-corrected chi connectivity index (χ2v) is 10.7. The van der Waals surface area contributed by atoms with E-state index in [4.69, 9.17) is 11.6 Å². The fourth-order valence-electron chi connectivity index (χ4n) is 4.70. The molecule has 0 bridgehead atoms. The summed E-state index contributed by atoms with van der Waals surface area (Å²) in [7, 11) is 0. The molecular weight excluding hydrogens is 468 g/mol. The summed E-state index contributed by atoms with van der Waals surface area (Å²) in [6, 6.07) is 10.8. The molecule has 3 N–H and O–H groups in total. The van der Waals surface area contributed by atoms with E-state index in [9.17, 15) is 24.6 Å². The van der Waals surface area contributed by atoms with Crippen LogP contribution in [0.4, 0.5) is 0 Å². The van der Waals surface area contributed by atoms with Gasteiger partial charge in [0.2, 0.25) is 5.91 Å². The van der Waals surface area contributed by atoms with Gasteiger partial charge in [-0.05, 0) is 54.7 Å². The molecule has 1 aliphatic heterocycles. The van der Waals surface area contributed by atoms with E-state index in [-0.39, 0.29) is 23.0 Å². The Morgan fingerprint density at radius 1 is 1.09 bits per heavy atom. The summed E-state index contributed by atoms with van der Waals surface area (Å²) in [5.74, 6) is -2.05. The van der Waals surface area contributed by atoms with Crippen molar-refractivity contribution in [3.63, 3.8) is 0 Å². The van der Waals surface area contributed by atoms with Gasteiger partial charge < -0.3 is 20.4 Å². The van der Waals surface area contributed by atoms with Crippen LogP contribution in [0.3, 0.4) is 0 Å². The van der Waals surface area contributed by atoms with Gasteiger partial charge in [0.25, 0.3) is 5.91 Å². The van der Waals surface area contributed by atoms with Crippen molar-refractivity contribution in [3.8, 4) is 0 Å². The first kappa shape index (κ1) is 26.7. The number of nitrogens with zero attached hydrogens (tertiary/aromatic N) is 1. The molecule has 1 heterocycles. The van der Waals surface area contributed by atoms with Gasteiger partial charge in [-0.2, -0.15) is 0 Å². The molecule has 3 rings (SSSR count). The van der Waals surface area contributed by atoms with Crippen LogP contribution < -0.4 is 5.32 Å². The van der Waals surface area contributed by atoms with Crippen molar-refractivity contribution < 1.29 is 24.6 Å². The van der Waals surface area contributed by atoms with Gasteiger partial charge in [0.05, 0.1) is 11.2 Å². The Kier molecular flexibility index (Phi) is 7.62. The average Bonchev–Trinajstić information content (AvgIpc) is 2.78. The molecule has 8 heteroatoms. The predicted octanol–water partition coefficient (Wildman–Crippen LogP) is 4.25. The molecule has 0 radical (unpaired) electrons. The van der Waals surface area contributed by atoms with Crippen molar-refractivity contribution in [2.24, 2.45) is 11.3 Å². The Labute approximate surface area is 211 Å². The van der Waals surface area contributed by atoms with Crippen molar-refractivity contribution in [2.75, 3.05) is 13.1 Å². The minimum Gasteiger partial charge on any atom is -0.478 e. The SMILES string of the molecule is Cc1ccc(C(=O)N[C@@H](C(=O)N2CC[C@](O)(c3ccc(Cl)cc3)C(C)(C)C2)C(C)C)cc1C(=O)O. The van der Waals surface area contributed by atoms with Crippen molar-refractivity contribution in [1.82, 2.24) is 10.2 Å². The molecule has 1 fully saturated rings. The van der Waals surface area contributed by atoms with Crippen LogP contribution in [0.2, 0.25) is 5.02 Å². The van der Waals surface area contributed by atoms with E-state index in [1.54, 1.807) is 36.1 Å². The molecule has 0 aromatic heterocycles. The van der Waals surface area contributed by atoms with Crippen LogP contribution in [0.1, 0.15) is 66.0 Å². The molecule has 0 saturated carbocycles. The van der Waals surface area contributed by atoms with Gasteiger partial charge in [-0.1, -0.05) is 57.5 Å². The van der Waals surface area contributed by atoms with Crippen molar-refractivity contribution in [2.45, 2.75) is 52.7 Å². The highest BCUT2D eigenvalue weighted by Crippen LogP contribution is 2.46. The monoisotopic (exact) mass is 500 g/mol. The lowest BCUT2D eigenvalue weighted by molar-refractivity contribution is -0.155. The van der Waals surface area contributed by atoms with E-state index in [0.29, 0.717) is 30.1 Å². The van der Waals surface area contributed by atoms with Crippen LogP contribution in [0.5, 0.6) is 0 Å². The maximum absolute atomic E-state index is 13.5. The molecule has 2 amide bonds. The van der Waals surface area contributed by atoms with E-state index in [1.807, 2.05) is 39.8 Å². The molecule has 0 aliphatic carbocycles. The molecule has 2 aromatic rings. The Hall–Kier alpha value is -2.90. The number of carbonyl (C=O) groups excluding carboxylic acids is 2. The van der Waals surface area contributed by atoms with E-state index >= 15 is 0 Å². The summed E-state index contributed by atoms with van der Waals surface area (Å²) in [5, 5.41) is 24.4. The van der Waals surface area contributed by atoms with Crippen molar-refractivity contribution in [1.29, 1.82) is 0 Å². The highest BCUT2D eigenvalue weighted by molar-refractivity contribution is 6.30. The van der Waals surface area contributed by atoms with Gasteiger partial charge in [-0.25, -0.2) is 4.79 Å². The zero-order chi connectivity index (χ0) is 26.1. The molecule has 1 saturated heterocycles. The highest BCUT2D eigenvalue weighted by atomic mass is 35.5. The smallest absolute Gasteiger partial charge is 0.335 e. The number of aromatic carboxylic acids is 1. The van der Waals surface area contributed by atoms with Crippen LogP contribution in [0.15, 0.2) is 42.5 Å². The summed E-state index contributed by atoms with van der Waals surface area (Å²) in [5.41, 5.74) is -0.268. The number of piperidine rings is 1. The number of carboxylic acid groups (broad SMARTS) is 1. The van der Waals surface area contributed by atoms with Crippen molar-refractivity contribution >= 4 is 29.4 Å². The van der Waals surface area contributed by atoms with Crippen molar-refractivity contribution in [3.05, 3.63) is 69.7 Å². The van der Waals surface area contributed by atoms with Crippen LogP contribution in [-0.4, -0.2) is 52.0 Å². The number of amides is 2. The number of aryl methyl sites for hydroxylation is 1. The summed E-state index contributed by atoms with van der Waals surface area (Å²) in [4.78, 5) is 39.6. The third-order valence-corrected chi connectivity index (χ3v) is 7.28. The van der Waals surface area contributed by atoms with Crippen LogP contribution in [0.25, 0.3) is 0 Å². The number of halogens is 1. The van der Waals surface area contributed by atoms with Gasteiger partial charge in [0.15, 0.2) is 0 Å². The van der Waals surface area contributed by atoms with Gasteiger partial charge in [0, 0.05) is 29.1 Å². The number of carbonyl (C=O) groups is 3. The van der Waals surface area contributed by atoms with Crippen LogP contribution >= 0.6 is 11.6 Å². The molecule has 2 aromatic carbocycles. The summed E-state index contributed by atoms with van der Waals surface area (Å²) >= 11 is 6.02. The predicted molar refractivity (Wildman–Crippen MR) is 135 cm³/mol. The second kappa shape index (κ2) is 9.99. The zero-order valence-corrected chi connectivity index (χ0v) is 21.5. The van der Waals surface area contributed by atoms with E-state index < -0.39 is 28.9 Å². The zero-order valence-electron chi connectivity index (χ0n) is 20.8. The number of benzene rings is 2. The fourth-order valence-corrected chi connectivity index (χ4v) is 4.83. The quantitative estimate of drug-likeness (QED) is 0.549. The number of likely N-dealkylation sites (tertiary alicyclic amines) is 1. The van der Waals surface area contributed by atoms with Gasteiger partial charge in [-0.15, -0.1) is 0 Å². The molecule has 0 spiro atoms. The lowest BCUT2D eigenvalue weighted by Crippen LogP contribution is -2.60. The Morgan fingerprint density at radius 2 is 1.71 bits per heavy atom. The topological polar surface area (TPSA) is 107 Å². The first-order chi connectivity index (χ1) is 16.3. The number of hydrogen-bond acceptors (Lipinski definition) is 4. The van der Waals surface area contributed by atoms with Crippen LogP contribution in [-0.2, 0) is 10.4 Å². The third kappa shape index (κ3) is 5.36.